The number of anilines is 2. The lowest BCUT2D eigenvalue weighted by Crippen LogP contribution is -2.53. The summed E-state index contributed by atoms with van der Waals surface area (Å²) in [4.78, 5) is 46.4. The summed E-state index contributed by atoms with van der Waals surface area (Å²) in [6.45, 7) is 5.69. The molecule has 2 amide bonds. The van der Waals surface area contributed by atoms with Crippen LogP contribution in [0.3, 0.4) is 0 Å². The number of carbonyl (C=O) groups is 2. The van der Waals surface area contributed by atoms with Gasteiger partial charge in [-0.05, 0) is 55.7 Å². The zero-order valence-corrected chi connectivity index (χ0v) is 23.9. The highest BCUT2D eigenvalue weighted by atomic mass is 32.1. The molecule has 0 aliphatic carbocycles. The van der Waals surface area contributed by atoms with Crippen LogP contribution in [0.25, 0.3) is 11.0 Å². The first-order valence-electron chi connectivity index (χ1n) is 13.7. The number of rotatable bonds is 5. The Hall–Kier alpha value is -4.70. The van der Waals surface area contributed by atoms with Gasteiger partial charge in [0.2, 0.25) is 10.9 Å². The van der Waals surface area contributed by atoms with Crippen molar-refractivity contribution in [3.63, 3.8) is 0 Å². The van der Waals surface area contributed by atoms with Gasteiger partial charge in [0.15, 0.2) is 11.0 Å². The Morgan fingerprint density at radius 3 is 2.50 bits per heavy atom. The fourth-order valence-electron chi connectivity index (χ4n) is 6.02. The summed E-state index contributed by atoms with van der Waals surface area (Å²) in [5, 5.41) is 9.75. The summed E-state index contributed by atoms with van der Waals surface area (Å²) in [5.41, 5.74) is 0.764. The van der Waals surface area contributed by atoms with E-state index in [9.17, 15) is 18.8 Å². The highest BCUT2D eigenvalue weighted by Crippen LogP contribution is 2.54. The largest absolute Gasteiger partial charge is 0.450 e. The maximum absolute atomic E-state index is 14.9. The van der Waals surface area contributed by atoms with Crippen molar-refractivity contribution in [3.8, 4) is 0 Å². The molecule has 1 unspecified atom stereocenters. The summed E-state index contributed by atoms with van der Waals surface area (Å²) < 4.78 is 21.1. The van der Waals surface area contributed by atoms with E-state index < -0.39 is 28.6 Å². The maximum Gasteiger partial charge on any atom is 0.297 e. The molecule has 5 aromatic rings. The summed E-state index contributed by atoms with van der Waals surface area (Å²) in [7, 11) is 0. The number of hydrogen-bond donors (Lipinski definition) is 0. The Bertz CT molecular complexity index is 2020. The van der Waals surface area contributed by atoms with Gasteiger partial charge in [-0.25, -0.2) is 4.39 Å². The molecule has 0 bridgehead atoms. The first-order valence-corrected chi connectivity index (χ1v) is 14.5. The molecule has 0 fully saturated rings. The zero-order chi connectivity index (χ0) is 29.3. The van der Waals surface area contributed by atoms with Crippen LogP contribution < -0.4 is 15.2 Å². The van der Waals surface area contributed by atoms with Crippen LogP contribution in [0.15, 0.2) is 69.9 Å². The van der Waals surface area contributed by atoms with Crippen LogP contribution in [0.4, 0.5) is 15.2 Å². The third-order valence-electron chi connectivity index (χ3n) is 8.14. The van der Waals surface area contributed by atoms with Gasteiger partial charge in [0.25, 0.3) is 11.8 Å². The third-order valence-corrected chi connectivity index (χ3v) is 9.11. The minimum atomic E-state index is -1.91. The smallest absolute Gasteiger partial charge is 0.297 e. The molecule has 0 saturated carbocycles. The lowest BCUT2D eigenvalue weighted by Gasteiger charge is -2.32. The zero-order valence-electron chi connectivity index (χ0n) is 23.1. The van der Waals surface area contributed by atoms with Crippen molar-refractivity contribution in [1.29, 1.82) is 0 Å². The van der Waals surface area contributed by atoms with Crippen LogP contribution in [0.2, 0.25) is 0 Å². The second-order valence-corrected chi connectivity index (χ2v) is 11.7. The molecule has 1 spiro atoms. The minimum Gasteiger partial charge on any atom is -0.450 e. The summed E-state index contributed by atoms with van der Waals surface area (Å²) in [6.07, 6.45) is 1.46. The molecule has 210 valence electrons. The van der Waals surface area contributed by atoms with Gasteiger partial charge in [-0.15, -0.1) is 10.2 Å². The molecule has 0 radical (unpaired) electrons. The molecule has 10 heteroatoms. The molecule has 3 aromatic carbocycles. The number of aromatic nitrogens is 2. The number of para-hydroxylation sites is 1. The number of carbonyl (C=O) groups excluding carboxylic acids is 2. The lowest BCUT2D eigenvalue weighted by atomic mass is 9.84. The molecular weight excluding hydrogens is 555 g/mol. The van der Waals surface area contributed by atoms with Crippen molar-refractivity contribution in [2.75, 3.05) is 9.80 Å². The molecule has 1 atom stereocenters. The average Bonchev–Trinajstić information content (AvgIpc) is 3.60. The molecule has 8 nitrogen and oxygen atoms in total. The number of benzene rings is 3. The van der Waals surface area contributed by atoms with Crippen molar-refractivity contribution in [2.45, 2.75) is 45.7 Å². The van der Waals surface area contributed by atoms with E-state index in [1.807, 2.05) is 20.8 Å². The molecule has 4 heterocycles. The second-order valence-electron chi connectivity index (χ2n) is 10.6. The maximum atomic E-state index is 14.9. The first-order chi connectivity index (χ1) is 20.3. The Labute approximate surface area is 244 Å². The molecule has 0 saturated heterocycles. The molecule has 2 aliphatic rings. The Morgan fingerprint density at radius 2 is 1.71 bits per heavy atom. The molecular formula is C32H25FN4O4S. The van der Waals surface area contributed by atoms with E-state index in [1.165, 1.54) is 27.2 Å². The first kappa shape index (κ1) is 26.2. The fraction of sp³-hybridized carbons (Fsp3) is 0.219. The van der Waals surface area contributed by atoms with E-state index in [-0.39, 0.29) is 34.0 Å². The predicted octanol–water partition coefficient (Wildman–Crippen LogP) is 5.80. The van der Waals surface area contributed by atoms with E-state index in [0.717, 1.165) is 17.5 Å². The van der Waals surface area contributed by atoms with Gasteiger partial charge >= 0.3 is 0 Å². The molecule has 2 aliphatic heterocycles. The second kappa shape index (κ2) is 9.42. The van der Waals surface area contributed by atoms with Gasteiger partial charge in [0.05, 0.1) is 23.2 Å². The van der Waals surface area contributed by atoms with E-state index in [2.05, 4.69) is 10.2 Å². The fourth-order valence-corrected chi connectivity index (χ4v) is 7.01. The van der Waals surface area contributed by atoms with Gasteiger partial charge in [0, 0.05) is 17.5 Å². The topological polar surface area (TPSA) is 96.6 Å². The van der Waals surface area contributed by atoms with Crippen molar-refractivity contribution in [2.24, 2.45) is 0 Å². The highest BCUT2D eigenvalue weighted by Gasteiger charge is 2.66. The number of fused-ring (bicyclic) bond motifs is 5. The number of nitrogens with zero attached hydrogens (tertiary/aromatic N) is 4. The normalized spacial score (nSPS) is 17.5. The summed E-state index contributed by atoms with van der Waals surface area (Å²) >= 11 is 1.20. The van der Waals surface area contributed by atoms with E-state index in [1.54, 1.807) is 54.6 Å². The van der Waals surface area contributed by atoms with Gasteiger partial charge in [-0.1, -0.05) is 54.7 Å². The van der Waals surface area contributed by atoms with Gasteiger partial charge < -0.3 is 9.32 Å². The van der Waals surface area contributed by atoms with Crippen LogP contribution in [-0.4, -0.2) is 22.0 Å². The van der Waals surface area contributed by atoms with Gasteiger partial charge in [-0.3, -0.25) is 19.3 Å². The predicted molar refractivity (Wildman–Crippen MR) is 157 cm³/mol. The molecule has 42 heavy (non-hydrogen) atoms. The monoisotopic (exact) mass is 580 g/mol. The summed E-state index contributed by atoms with van der Waals surface area (Å²) in [6, 6.07) is 16.7. The Morgan fingerprint density at radius 1 is 0.976 bits per heavy atom. The lowest BCUT2D eigenvalue weighted by molar-refractivity contribution is -0.121. The number of halogens is 1. The average molecular weight is 581 g/mol. The SMILES string of the molecule is CCCc1nnc(N2C(=O)c3oc4cc(C)c(C)cc4c(=O)c3C23C(=O)N(Cc2ccccc2F)c2ccccc23)s1. The molecule has 7 rings (SSSR count). The Kier molecular flexibility index (Phi) is 5.88. The van der Waals surface area contributed by atoms with Crippen molar-refractivity contribution in [1.82, 2.24) is 10.2 Å². The number of amides is 2. The van der Waals surface area contributed by atoms with Crippen molar-refractivity contribution < 1.29 is 18.4 Å². The highest BCUT2D eigenvalue weighted by molar-refractivity contribution is 7.15. The standard InChI is InChI=1S/C32H25FN4O4S/c1-4-9-25-34-35-31(42-25)37-29(39)28-26(27(38)20-14-17(2)18(3)15-24(20)41-28)32(37)21-11-6-8-13-23(21)36(30(32)40)16-19-10-5-7-12-22(19)33/h5-8,10-15H,4,9,16H2,1-3H3. The van der Waals surface area contributed by atoms with Crippen molar-refractivity contribution in [3.05, 3.63) is 115 Å². The number of hydrogen-bond acceptors (Lipinski definition) is 7. The van der Waals surface area contributed by atoms with Gasteiger partial charge in [0.1, 0.15) is 16.4 Å². The van der Waals surface area contributed by atoms with Crippen LogP contribution in [-0.2, 0) is 23.3 Å². The van der Waals surface area contributed by atoms with Crippen LogP contribution in [0.5, 0.6) is 0 Å². The van der Waals surface area contributed by atoms with E-state index in [4.69, 9.17) is 4.42 Å². The van der Waals surface area contributed by atoms with Crippen LogP contribution in [0.1, 0.15) is 56.7 Å². The van der Waals surface area contributed by atoms with E-state index in [0.29, 0.717) is 28.2 Å². The summed E-state index contributed by atoms with van der Waals surface area (Å²) in [5.74, 6) is -1.90. The molecule has 0 N–H and O–H groups in total. The van der Waals surface area contributed by atoms with Crippen molar-refractivity contribution >= 4 is 44.9 Å². The van der Waals surface area contributed by atoms with Crippen LogP contribution in [0, 0.1) is 19.7 Å². The van der Waals surface area contributed by atoms with Crippen LogP contribution >= 0.6 is 11.3 Å². The van der Waals surface area contributed by atoms with Gasteiger partial charge in [-0.2, -0.15) is 0 Å². The number of aryl methyl sites for hydroxylation is 3. The Balaban J connectivity index is 1.55. The minimum absolute atomic E-state index is 0.0658. The quantitative estimate of drug-likeness (QED) is 0.261. The molecule has 2 aromatic heterocycles. The van der Waals surface area contributed by atoms with E-state index >= 15 is 0 Å². The third kappa shape index (κ3) is 3.48.